The minimum absolute atomic E-state index is 0.109. The summed E-state index contributed by atoms with van der Waals surface area (Å²) in [7, 11) is 0. The van der Waals surface area contributed by atoms with Crippen molar-refractivity contribution in [3.63, 3.8) is 0 Å². The number of nitrogens with zero attached hydrogens (tertiary/aromatic N) is 1. The molecule has 0 unspecified atom stereocenters. The standard InChI is InChI=1S/C7H7N3O/c8-5-1-4-2-6(11)10-7(4)9-3-5/h1-3,11H,8H2,(H,9,10). The summed E-state index contributed by atoms with van der Waals surface area (Å²) in [6.07, 6.45) is 1.54. The third-order valence-corrected chi connectivity index (χ3v) is 1.48. The van der Waals surface area contributed by atoms with Gasteiger partial charge in [-0.3, -0.25) is 0 Å². The van der Waals surface area contributed by atoms with Crippen molar-refractivity contribution in [2.24, 2.45) is 0 Å². The van der Waals surface area contributed by atoms with Crippen LogP contribution in [0.1, 0.15) is 0 Å². The van der Waals surface area contributed by atoms with Crippen molar-refractivity contribution >= 4 is 16.7 Å². The maximum atomic E-state index is 9.01. The van der Waals surface area contributed by atoms with Gasteiger partial charge in [0.2, 0.25) is 0 Å². The maximum absolute atomic E-state index is 9.01. The van der Waals surface area contributed by atoms with Crippen LogP contribution in [0.4, 0.5) is 5.69 Å². The predicted molar refractivity (Wildman–Crippen MR) is 42.2 cm³/mol. The molecule has 0 atom stereocenters. The Morgan fingerprint density at radius 2 is 2.27 bits per heavy atom. The quantitative estimate of drug-likeness (QED) is 0.519. The molecule has 4 heteroatoms. The highest BCUT2D eigenvalue weighted by atomic mass is 16.3. The second kappa shape index (κ2) is 1.88. The fraction of sp³-hybridized carbons (Fsp3) is 0. The summed E-state index contributed by atoms with van der Waals surface area (Å²) in [5.74, 6) is 0.109. The summed E-state index contributed by atoms with van der Waals surface area (Å²) in [6, 6.07) is 3.33. The first-order chi connectivity index (χ1) is 5.25. The van der Waals surface area contributed by atoms with Gasteiger partial charge in [0, 0.05) is 11.5 Å². The van der Waals surface area contributed by atoms with E-state index in [4.69, 9.17) is 10.8 Å². The molecule has 0 radical (unpaired) electrons. The van der Waals surface area contributed by atoms with Crippen molar-refractivity contribution in [2.45, 2.75) is 0 Å². The lowest BCUT2D eigenvalue weighted by atomic mass is 10.3. The molecule has 2 rings (SSSR count). The molecule has 0 aromatic carbocycles. The van der Waals surface area contributed by atoms with Crippen molar-refractivity contribution in [1.82, 2.24) is 9.97 Å². The van der Waals surface area contributed by atoms with Gasteiger partial charge < -0.3 is 15.8 Å². The number of nitrogens with one attached hydrogen (secondary N) is 1. The lowest BCUT2D eigenvalue weighted by molar-refractivity contribution is 0.458. The number of pyridine rings is 1. The Hall–Kier alpha value is -1.71. The summed E-state index contributed by atoms with van der Waals surface area (Å²) < 4.78 is 0. The fourth-order valence-electron chi connectivity index (χ4n) is 1.02. The number of aromatic amines is 1. The van der Waals surface area contributed by atoms with Crippen LogP contribution in [-0.2, 0) is 0 Å². The highest BCUT2D eigenvalue weighted by molar-refractivity contribution is 5.80. The molecule has 11 heavy (non-hydrogen) atoms. The molecule has 0 amide bonds. The van der Waals surface area contributed by atoms with Crippen LogP contribution >= 0.6 is 0 Å². The van der Waals surface area contributed by atoms with E-state index in [1.807, 2.05) is 0 Å². The van der Waals surface area contributed by atoms with Crippen LogP contribution in [0.2, 0.25) is 0 Å². The maximum Gasteiger partial charge on any atom is 0.190 e. The molecule has 0 aliphatic carbocycles. The normalized spacial score (nSPS) is 10.5. The highest BCUT2D eigenvalue weighted by Crippen LogP contribution is 2.18. The number of anilines is 1. The van der Waals surface area contributed by atoms with E-state index in [2.05, 4.69) is 9.97 Å². The summed E-state index contributed by atoms with van der Waals surface area (Å²) in [6.45, 7) is 0. The second-order valence-corrected chi connectivity index (χ2v) is 2.36. The van der Waals surface area contributed by atoms with Crippen molar-refractivity contribution in [3.05, 3.63) is 18.3 Å². The Morgan fingerprint density at radius 3 is 3.09 bits per heavy atom. The lowest BCUT2D eigenvalue weighted by Crippen LogP contribution is -1.84. The van der Waals surface area contributed by atoms with Crippen LogP contribution < -0.4 is 5.73 Å². The fourth-order valence-corrected chi connectivity index (χ4v) is 1.02. The van der Waals surface area contributed by atoms with Crippen LogP contribution in [0.3, 0.4) is 0 Å². The molecule has 0 aliphatic heterocycles. The van der Waals surface area contributed by atoms with Crippen LogP contribution in [0.15, 0.2) is 18.3 Å². The van der Waals surface area contributed by atoms with Crippen molar-refractivity contribution in [3.8, 4) is 5.88 Å². The largest absolute Gasteiger partial charge is 0.495 e. The van der Waals surface area contributed by atoms with Crippen LogP contribution in [-0.4, -0.2) is 15.1 Å². The van der Waals surface area contributed by atoms with E-state index in [0.717, 1.165) is 5.39 Å². The van der Waals surface area contributed by atoms with Crippen LogP contribution in [0, 0.1) is 0 Å². The molecule has 56 valence electrons. The Morgan fingerprint density at radius 1 is 1.45 bits per heavy atom. The van der Waals surface area contributed by atoms with E-state index >= 15 is 0 Å². The molecule has 2 heterocycles. The first-order valence-corrected chi connectivity index (χ1v) is 3.19. The zero-order valence-electron chi connectivity index (χ0n) is 5.70. The van der Waals surface area contributed by atoms with Gasteiger partial charge in [-0.2, -0.15) is 0 Å². The summed E-state index contributed by atoms with van der Waals surface area (Å²) in [4.78, 5) is 6.64. The summed E-state index contributed by atoms with van der Waals surface area (Å²) >= 11 is 0. The number of rotatable bonds is 0. The number of hydrogen-bond donors (Lipinski definition) is 3. The van der Waals surface area contributed by atoms with Gasteiger partial charge in [-0.05, 0) is 6.07 Å². The topological polar surface area (TPSA) is 74.9 Å². The van der Waals surface area contributed by atoms with E-state index in [-0.39, 0.29) is 5.88 Å². The number of nitrogen functional groups attached to an aromatic ring is 1. The molecule has 0 bridgehead atoms. The minimum atomic E-state index is 0.109. The van der Waals surface area contributed by atoms with Gasteiger partial charge >= 0.3 is 0 Å². The van der Waals surface area contributed by atoms with E-state index < -0.39 is 0 Å². The molecule has 2 aromatic rings. The minimum Gasteiger partial charge on any atom is -0.495 e. The van der Waals surface area contributed by atoms with E-state index in [1.54, 1.807) is 12.1 Å². The molecule has 4 N–H and O–H groups in total. The monoisotopic (exact) mass is 149 g/mol. The molecule has 0 fully saturated rings. The molecule has 0 spiro atoms. The number of aromatic nitrogens is 2. The number of H-pyrrole nitrogens is 1. The number of fused-ring (bicyclic) bond motifs is 1. The molecule has 4 nitrogen and oxygen atoms in total. The van der Waals surface area contributed by atoms with Crippen LogP contribution in [0.25, 0.3) is 11.0 Å². The average Bonchev–Trinajstić information content (AvgIpc) is 2.27. The third kappa shape index (κ3) is 0.881. The number of nitrogens with two attached hydrogens (primary N) is 1. The zero-order chi connectivity index (χ0) is 7.84. The molecule has 0 aliphatic rings. The Balaban J connectivity index is 2.82. The van der Waals surface area contributed by atoms with Crippen molar-refractivity contribution < 1.29 is 5.11 Å². The Bertz CT molecular complexity index is 393. The van der Waals surface area contributed by atoms with E-state index in [0.29, 0.717) is 11.3 Å². The van der Waals surface area contributed by atoms with Gasteiger partial charge in [0.15, 0.2) is 5.88 Å². The van der Waals surface area contributed by atoms with Gasteiger partial charge in [-0.15, -0.1) is 0 Å². The van der Waals surface area contributed by atoms with Gasteiger partial charge in [0.05, 0.1) is 11.9 Å². The zero-order valence-corrected chi connectivity index (χ0v) is 5.70. The van der Waals surface area contributed by atoms with Gasteiger partial charge in [-0.25, -0.2) is 4.98 Å². The van der Waals surface area contributed by atoms with Gasteiger partial charge in [0.1, 0.15) is 5.65 Å². The van der Waals surface area contributed by atoms with Crippen LogP contribution in [0.5, 0.6) is 5.88 Å². The smallest absolute Gasteiger partial charge is 0.190 e. The lowest BCUT2D eigenvalue weighted by Gasteiger charge is -1.89. The first-order valence-electron chi connectivity index (χ1n) is 3.19. The molecule has 0 saturated carbocycles. The first kappa shape index (κ1) is 6.03. The molecular weight excluding hydrogens is 142 g/mol. The Labute approximate surface area is 62.7 Å². The third-order valence-electron chi connectivity index (χ3n) is 1.48. The van der Waals surface area contributed by atoms with Gasteiger partial charge in [0.25, 0.3) is 0 Å². The summed E-state index contributed by atoms with van der Waals surface area (Å²) in [5.41, 5.74) is 6.72. The molecular formula is C7H7N3O. The SMILES string of the molecule is Nc1cnc2[nH]c(O)cc2c1. The molecule has 2 aromatic heterocycles. The Kier molecular flexibility index (Phi) is 1.03. The number of aromatic hydroxyl groups is 1. The summed E-state index contributed by atoms with van der Waals surface area (Å²) in [5, 5.41) is 9.83. The average molecular weight is 149 g/mol. The van der Waals surface area contributed by atoms with Crippen molar-refractivity contribution in [2.75, 3.05) is 5.73 Å². The molecule has 0 saturated heterocycles. The highest BCUT2D eigenvalue weighted by Gasteiger charge is 1.98. The van der Waals surface area contributed by atoms with Gasteiger partial charge in [-0.1, -0.05) is 0 Å². The van der Waals surface area contributed by atoms with E-state index in [1.165, 1.54) is 6.20 Å². The van der Waals surface area contributed by atoms with Crippen molar-refractivity contribution in [1.29, 1.82) is 0 Å². The second-order valence-electron chi connectivity index (χ2n) is 2.36. The number of hydrogen-bond acceptors (Lipinski definition) is 3. The predicted octanol–water partition coefficient (Wildman–Crippen LogP) is 0.851. The van der Waals surface area contributed by atoms with E-state index in [9.17, 15) is 0 Å².